The van der Waals surface area contributed by atoms with Crippen LogP contribution in [0.5, 0.6) is 0 Å². The van der Waals surface area contributed by atoms with Crippen molar-refractivity contribution >= 4 is 16.8 Å². The first-order valence-electron chi connectivity index (χ1n) is 7.19. The Hall–Kier alpha value is -1.81. The molecular formula is C16H23N3O. The number of fused-ring (bicyclic) bond motifs is 1. The Morgan fingerprint density at radius 3 is 2.90 bits per heavy atom. The zero-order valence-electron chi connectivity index (χ0n) is 12.2. The smallest absolute Gasteiger partial charge is 0.222 e. The molecule has 0 saturated carbocycles. The molecule has 0 bridgehead atoms. The normalized spacial score (nSPS) is 12.7. The van der Waals surface area contributed by atoms with E-state index in [0.717, 1.165) is 25.0 Å². The van der Waals surface area contributed by atoms with Gasteiger partial charge in [-0.3, -0.25) is 4.79 Å². The predicted octanol–water partition coefficient (Wildman–Crippen LogP) is 2.26. The third-order valence-electron chi connectivity index (χ3n) is 3.55. The summed E-state index contributed by atoms with van der Waals surface area (Å²) < 4.78 is 2.11. The molecule has 1 aromatic heterocycles. The first-order valence-corrected chi connectivity index (χ1v) is 7.19. The first kappa shape index (κ1) is 14.6. The van der Waals surface area contributed by atoms with Gasteiger partial charge in [-0.1, -0.05) is 26.0 Å². The van der Waals surface area contributed by atoms with E-state index in [4.69, 9.17) is 5.73 Å². The van der Waals surface area contributed by atoms with Gasteiger partial charge in [-0.25, -0.2) is 0 Å². The van der Waals surface area contributed by atoms with E-state index in [-0.39, 0.29) is 11.8 Å². The Bertz CT molecular complexity index is 588. The van der Waals surface area contributed by atoms with E-state index in [1.54, 1.807) is 0 Å². The van der Waals surface area contributed by atoms with Crippen LogP contribution in [-0.4, -0.2) is 17.0 Å². The van der Waals surface area contributed by atoms with E-state index in [1.165, 1.54) is 10.9 Å². The van der Waals surface area contributed by atoms with Gasteiger partial charge in [-0.2, -0.15) is 0 Å². The summed E-state index contributed by atoms with van der Waals surface area (Å²) in [6, 6.07) is 8.54. The van der Waals surface area contributed by atoms with Gasteiger partial charge in [-0.05, 0) is 36.0 Å². The Kier molecular flexibility index (Phi) is 4.79. The molecule has 0 fully saturated rings. The fraction of sp³-hybridized carbons (Fsp3) is 0.438. The van der Waals surface area contributed by atoms with Crippen LogP contribution in [0.15, 0.2) is 30.5 Å². The topological polar surface area (TPSA) is 60.1 Å². The molecule has 1 aromatic carbocycles. The highest BCUT2D eigenvalue weighted by molar-refractivity contribution is 5.81. The van der Waals surface area contributed by atoms with Crippen molar-refractivity contribution < 1.29 is 4.79 Å². The van der Waals surface area contributed by atoms with Gasteiger partial charge in [0, 0.05) is 24.8 Å². The molecule has 4 nitrogen and oxygen atoms in total. The van der Waals surface area contributed by atoms with Crippen molar-refractivity contribution in [1.82, 2.24) is 9.88 Å². The summed E-state index contributed by atoms with van der Waals surface area (Å²) in [6.07, 6.45) is 3.15. The summed E-state index contributed by atoms with van der Waals surface area (Å²) in [7, 11) is 0. The lowest BCUT2D eigenvalue weighted by Gasteiger charge is -2.11. The molecular weight excluding hydrogens is 250 g/mol. The summed E-state index contributed by atoms with van der Waals surface area (Å²) in [4.78, 5) is 11.2. The van der Waals surface area contributed by atoms with Crippen LogP contribution in [0.25, 0.3) is 10.9 Å². The number of hydrogen-bond acceptors (Lipinski definition) is 2. The molecule has 1 atom stereocenters. The lowest BCUT2D eigenvalue weighted by molar-refractivity contribution is -0.121. The van der Waals surface area contributed by atoms with Gasteiger partial charge in [0.1, 0.15) is 0 Å². The number of rotatable bonds is 7. The number of nitrogens with one attached hydrogen (secondary N) is 1. The third kappa shape index (κ3) is 3.39. The molecule has 1 heterocycles. The highest BCUT2D eigenvalue weighted by Crippen LogP contribution is 2.19. The van der Waals surface area contributed by atoms with Crippen molar-refractivity contribution in [2.24, 2.45) is 11.7 Å². The van der Waals surface area contributed by atoms with Crippen molar-refractivity contribution in [3.05, 3.63) is 36.0 Å². The van der Waals surface area contributed by atoms with Crippen molar-refractivity contribution in [3.63, 3.8) is 0 Å². The van der Waals surface area contributed by atoms with E-state index >= 15 is 0 Å². The summed E-state index contributed by atoms with van der Waals surface area (Å²) in [5.74, 6) is -0.417. The molecule has 1 amide bonds. The highest BCUT2D eigenvalue weighted by Gasteiger charge is 2.11. The van der Waals surface area contributed by atoms with Crippen LogP contribution in [0.1, 0.15) is 25.8 Å². The highest BCUT2D eigenvalue weighted by atomic mass is 16.1. The summed E-state index contributed by atoms with van der Waals surface area (Å²) >= 11 is 0. The average molecular weight is 273 g/mol. The second-order valence-electron chi connectivity index (χ2n) is 5.34. The zero-order valence-corrected chi connectivity index (χ0v) is 12.2. The molecule has 2 aromatic rings. The Labute approximate surface area is 120 Å². The van der Waals surface area contributed by atoms with Crippen LogP contribution < -0.4 is 11.1 Å². The van der Waals surface area contributed by atoms with Gasteiger partial charge < -0.3 is 15.6 Å². The van der Waals surface area contributed by atoms with E-state index in [1.807, 2.05) is 13.1 Å². The quantitative estimate of drug-likeness (QED) is 0.760. The van der Waals surface area contributed by atoms with Crippen LogP contribution in [-0.2, 0) is 17.9 Å². The van der Waals surface area contributed by atoms with Gasteiger partial charge in [0.05, 0.1) is 5.92 Å². The Balaban J connectivity index is 2.19. The van der Waals surface area contributed by atoms with Crippen LogP contribution in [0.4, 0.5) is 0 Å². The SMILES string of the molecule is CCCNCc1ccc2ccn(CC(C)C(N)=O)c2c1. The van der Waals surface area contributed by atoms with Crippen LogP contribution in [0.3, 0.4) is 0 Å². The van der Waals surface area contributed by atoms with Crippen molar-refractivity contribution in [1.29, 1.82) is 0 Å². The fourth-order valence-electron chi connectivity index (χ4n) is 2.29. The van der Waals surface area contributed by atoms with E-state index in [2.05, 4.69) is 41.1 Å². The molecule has 0 saturated heterocycles. The molecule has 3 N–H and O–H groups in total. The zero-order chi connectivity index (χ0) is 14.5. The fourth-order valence-corrected chi connectivity index (χ4v) is 2.29. The molecule has 1 unspecified atom stereocenters. The molecule has 4 heteroatoms. The number of nitrogens with two attached hydrogens (primary N) is 1. The van der Waals surface area contributed by atoms with Crippen LogP contribution in [0, 0.1) is 5.92 Å². The average Bonchev–Trinajstić information content (AvgIpc) is 2.82. The van der Waals surface area contributed by atoms with Crippen molar-refractivity contribution in [2.45, 2.75) is 33.4 Å². The maximum absolute atomic E-state index is 11.2. The second-order valence-corrected chi connectivity index (χ2v) is 5.34. The molecule has 0 aliphatic carbocycles. The van der Waals surface area contributed by atoms with E-state index in [0.29, 0.717) is 6.54 Å². The number of hydrogen-bond donors (Lipinski definition) is 2. The predicted molar refractivity (Wildman–Crippen MR) is 82.3 cm³/mol. The number of benzene rings is 1. The molecule has 2 rings (SSSR count). The molecule has 0 spiro atoms. The number of nitrogens with zero attached hydrogens (tertiary/aromatic N) is 1. The summed E-state index contributed by atoms with van der Waals surface area (Å²) in [5, 5.41) is 4.60. The van der Waals surface area contributed by atoms with E-state index in [9.17, 15) is 4.79 Å². The monoisotopic (exact) mass is 273 g/mol. The number of carbonyl (C=O) groups excluding carboxylic acids is 1. The van der Waals surface area contributed by atoms with Crippen LogP contribution >= 0.6 is 0 Å². The minimum Gasteiger partial charge on any atom is -0.369 e. The number of primary amides is 1. The summed E-state index contributed by atoms with van der Waals surface area (Å²) in [5.41, 5.74) is 7.77. The maximum Gasteiger partial charge on any atom is 0.222 e. The lowest BCUT2D eigenvalue weighted by atomic mass is 10.1. The molecule has 0 aliphatic heterocycles. The molecule has 20 heavy (non-hydrogen) atoms. The molecule has 0 aliphatic rings. The lowest BCUT2D eigenvalue weighted by Crippen LogP contribution is -2.24. The van der Waals surface area contributed by atoms with E-state index < -0.39 is 0 Å². The van der Waals surface area contributed by atoms with Crippen LogP contribution in [0.2, 0.25) is 0 Å². The van der Waals surface area contributed by atoms with Crippen molar-refractivity contribution in [3.8, 4) is 0 Å². The van der Waals surface area contributed by atoms with Gasteiger partial charge in [0.2, 0.25) is 5.91 Å². The third-order valence-corrected chi connectivity index (χ3v) is 3.55. The van der Waals surface area contributed by atoms with Gasteiger partial charge >= 0.3 is 0 Å². The summed E-state index contributed by atoms with van der Waals surface area (Å²) in [6.45, 7) is 6.55. The number of amides is 1. The van der Waals surface area contributed by atoms with Gasteiger partial charge in [0.15, 0.2) is 0 Å². The largest absolute Gasteiger partial charge is 0.369 e. The first-order chi connectivity index (χ1) is 9.61. The van der Waals surface area contributed by atoms with Gasteiger partial charge in [0.25, 0.3) is 0 Å². The second kappa shape index (κ2) is 6.57. The molecule has 108 valence electrons. The van der Waals surface area contributed by atoms with Gasteiger partial charge in [-0.15, -0.1) is 0 Å². The number of carbonyl (C=O) groups is 1. The Morgan fingerprint density at radius 1 is 1.40 bits per heavy atom. The minimum atomic E-state index is -0.257. The maximum atomic E-state index is 11.2. The number of aromatic nitrogens is 1. The molecule has 0 radical (unpaired) electrons. The van der Waals surface area contributed by atoms with Crippen molar-refractivity contribution in [2.75, 3.05) is 6.54 Å². The Morgan fingerprint density at radius 2 is 2.20 bits per heavy atom. The minimum absolute atomic E-state index is 0.160. The standard InChI is InChI=1S/C16H23N3O/c1-3-7-18-10-13-4-5-14-6-8-19(15(14)9-13)11-12(2)16(17)20/h4-6,8-9,12,18H,3,7,10-11H2,1-2H3,(H2,17,20).